The summed E-state index contributed by atoms with van der Waals surface area (Å²) in [5.41, 5.74) is 0. The van der Waals surface area contributed by atoms with Gasteiger partial charge in [0.2, 0.25) is 0 Å². The lowest BCUT2D eigenvalue weighted by Crippen LogP contribution is -2.53. The third-order valence-corrected chi connectivity index (χ3v) is 5.01. The van der Waals surface area contributed by atoms with Gasteiger partial charge in [0, 0.05) is 18.4 Å². The molecule has 4 atom stereocenters. The van der Waals surface area contributed by atoms with E-state index in [1.165, 1.54) is 0 Å². The van der Waals surface area contributed by atoms with Crippen LogP contribution in [-0.2, 0) is 11.4 Å². The Bertz CT molecular complexity index is 344. The molecule has 1 heterocycles. The highest BCUT2D eigenvalue weighted by molar-refractivity contribution is 7.91. The van der Waals surface area contributed by atoms with E-state index >= 15 is 0 Å². The summed E-state index contributed by atoms with van der Waals surface area (Å²) in [6.07, 6.45) is 1.57. The third-order valence-electron chi connectivity index (χ3n) is 3.65. The largest absolute Gasteiger partial charge is 0.591 e. The van der Waals surface area contributed by atoms with Crippen LogP contribution in [0.15, 0.2) is 4.40 Å². The Kier molecular flexibility index (Phi) is 5.60. The van der Waals surface area contributed by atoms with Gasteiger partial charge in [-0.15, -0.1) is 0 Å². The number of halogens is 2. The van der Waals surface area contributed by atoms with Gasteiger partial charge in [-0.2, -0.15) is 0 Å². The summed E-state index contributed by atoms with van der Waals surface area (Å²) in [5, 5.41) is 0. The normalized spacial score (nSPS) is 31.4. The zero-order chi connectivity index (χ0) is 15.7. The molecule has 0 aromatic carbocycles. The van der Waals surface area contributed by atoms with Gasteiger partial charge in [-0.05, 0) is 33.7 Å². The van der Waals surface area contributed by atoms with E-state index in [-0.39, 0.29) is 30.8 Å². The van der Waals surface area contributed by atoms with Crippen molar-refractivity contribution >= 4 is 17.6 Å². The monoisotopic (exact) mass is 308 g/mol. The maximum atomic E-state index is 13.5. The fraction of sp³-hybridized carbons (Fsp3) is 0.929. The first kappa shape index (κ1) is 17.9. The van der Waals surface area contributed by atoms with E-state index in [4.69, 9.17) is 0 Å². The van der Waals surface area contributed by atoms with Crippen LogP contribution in [0.25, 0.3) is 0 Å². The van der Waals surface area contributed by atoms with Crippen LogP contribution in [-0.4, -0.2) is 46.0 Å². The molecule has 0 aromatic heterocycles. The molecule has 118 valence electrons. The van der Waals surface area contributed by atoms with Gasteiger partial charge in [0.1, 0.15) is 16.1 Å². The maximum absolute atomic E-state index is 13.5. The number of hydrogen-bond acceptors (Lipinski definition) is 3. The number of hydrogen-bond donors (Lipinski definition) is 0. The van der Waals surface area contributed by atoms with Crippen LogP contribution in [0.3, 0.4) is 0 Å². The lowest BCUT2D eigenvalue weighted by atomic mass is 9.82. The summed E-state index contributed by atoms with van der Waals surface area (Å²) in [5.74, 6) is -2.74. The Morgan fingerprint density at radius 2 is 2.00 bits per heavy atom. The van der Waals surface area contributed by atoms with E-state index in [0.29, 0.717) is 0 Å². The van der Waals surface area contributed by atoms with Gasteiger partial charge in [0.25, 0.3) is 5.92 Å². The van der Waals surface area contributed by atoms with Crippen LogP contribution in [0.2, 0.25) is 0 Å². The summed E-state index contributed by atoms with van der Waals surface area (Å²) >= 11 is -1.30. The highest BCUT2D eigenvalue weighted by atomic mass is 32.2. The topological polar surface area (TPSA) is 38.7 Å². The molecule has 0 aromatic rings. The number of nitrogens with zero attached hydrogens (tertiary/aromatic N) is 2. The highest BCUT2D eigenvalue weighted by Gasteiger charge is 2.44. The van der Waals surface area contributed by atoms with E-state index in [2.05, 4.69) is 4.40 Å². The van der Waals surface area contributed by atoms with Crippen molar-refractivity contribution < 1.29 is 13.3 Å². The van der Waals surface area contributed by atoms with Gasteiger partial charge in [-0.1, -0.05) is 18.2 Å². The summed E-state index contributed by atoms with van der Waals surface area (Å²) in [4.78, 5) is 1.70. The molecule has 1 rings (SSSR count). The van der Waals surface area contributed by atoms with Crippen LogP contribution in [0.1, 0.15) is 41.0 Å². The second kappa shape index (κ2) is 6.28. The third kappa shape index (κ3) is 4.67. The Balaban J connectivity index is 2.72. The molecule has 1 aliphatic heterocycles. The molecule has 1 fully saturated rings. The number of rotatable bonds is 3. The minimum Gasteiger partial charge on any atom is -0.591 e. The van der Waals surface area contributed by atoms with Crippen LogP contribution in [0, 0.1) is 11.8 Å². The van der Waals surface area contributed by atoms with Crippen molar-refractivity contribution in [2.45, 2.75) is 57.8 Å². The van der Waals surface area contributed by atoms with Crippen molar-refractivity contribution in [3.8, 4) is 0 Å². The second-order valence-corrected chi connectivity index (χ2v) is 8.85. The molecule has 0 N–H and O–H groups in total. The molecule has 6 heteroatoms. The minimum atomic E-state index is -2.62. The quantitative estimate of drug-likeness (QED) is 0.593. The molecule has 1 saturated heterocycles. The minimum absolute atomic E-state index is 0.00241. The Morgan fingerprint density at radius 3 is 2.45 bits per heavy atom. The van der Waals surface area contributed by atoms with Crippen molar-refractivity contribution in [1.29, 1.82) is 0 Å². The van der Waals surface area contributed by atoms with Gasteiger partial charge < -0.3 is 4.55 Å². The predicted octanol–water partition coefficient (Wildman–Crippen LogP) is 3.13. The zero-order valence-electron chi connectivity index (χ0n) is 13.2. The Morgan fingerprint density at radius 1 is 1.45 bits per heavy atom. The van der Waals surface area contributed by atoms with Gasteiger partial charge in [-0.3, -0.25) is 4.90 Å². The molecule has 0 bridgehead atoms. The first-order valence-electron chi connectivity index (χ1n) is 6.98. The number of alkyl halides is 2. The van der Waals surface area contributed by atoms with Crippen molar-refractivity contribution in [2.75, 3.05) is 13.6 Å². The lowest BCUT2D eigenvalue weighted by molar-refractivity contribution is -0.100. The summed E-state index contributed by atoms with van der Waals surface area (Å²) in [6, 6.07) is 0.00958. The Hall–Kier alpha value is -0.200. The molecule has 0 spiro atoms. The van der Waals surface area contributed by atoms with Crippen LogP contribution >= 0.6 is 0 Å². The van der Waals surface area contributed by atoms with Crippen molar-refractivity contribution in [2.24, 2.45) is 16.2 Å². The fourth-order valence-corrected chi connectivity index (χ4v) is 3.50. The van der Waals surface area contributed by atoms with Gasteiger partial charge >= 0.3 is 0 Å². The molecule has 0 saturated carbocycles. The first-order valence-corrected chi connectivity index (χ1v) is 8.09. The Labute approximate surface area is 124 Å². The van der Waals surface area contributed by atoms with E-state index in [0.717, 1.165) is 0 Å². The summed E-state index contributed by atoms with van der Waals surface area (Å²) < 4.78 is 42.6. The van der Waals surface area contributed by atoms with Gasteiger partial charge in [-0.25, -0.2) is 8.78 Å². The van der Waals surface area contributed by atoms with Gasteiger partial charge in [0.05, 0.1) is 12.8 Å². The molecule has 0 amide bonds. The lowest BCUT2D eigenvalue weighted by Gasteiger charge is -2.43. The first-order chi connectivity index (χ1) is 8.94. The van der Waals surface area contributed by atoms with Crippen molar-refractivity contribution in [3.63, 3.8) is 0 Å². The highest BCUT2D eigenvalue weighted by Crippen LogP contribution is 2.35. The standard InChI is InChI=1S/C14H26F2N2OS/c1-10-7-14(15,16)9-18(6)12(10)11(2)8-17-20(19)13(3,4)5/h8,10-12H,7,9H2,1-6H3/t10?,11?,12-,20?/m0/s1. The molecule has 0 aliphatic carbocycles. The van der Waals surface area contributed by atoms with Gasteiger partial charge in [0.15, 0.2) is 0 Å². The smallest absolute Gasteiger partial charge is 0.260 e. The molecule has 3 nitrogen and oxygen atoms in total. The van der Waals surface area contributed by atoms with E-state index in [1.54, 1.807) is 18.2 Å². The SMILES string of the molecule is CC(C=N[S+]([O-])C(C)(C)C)[C@@H]1C(C)CC(F)(F)CN1C. The van der Waals surface area contributed by atoms with E-state index < -0.39 is 22.0 Å². The van der Waals surface area contributed by atoms with Crippen molar-refractivity contribution in [1.82, 2.24) is 4.90 Å². The van der Waals surface area contributed by atoms with Crippen molar-refractivity contribution in [3.05, 3.63) is 0 Å². The number of likely N-dealkylation sites (tertiary alicyclic amines) is 1. The average molecular weight is 308 g/mol. The molecule has 0 radical (unpaired) electrons. The average Bonchev–Trinajstić information content (AvgIpc) is 2.21. The zero-order valence-corrected chi connectivity index (χ0v) is 14.0. The second-order valence-electron chi connectivity index (χ2n) is 6.92. The van der Waals surface area contributed by atoms with Crippen LogP contribution in [0.5, 0.6) is 0 Å². The van der Waals surface area contributed by atoms with Crippen LogP contribution < -0.4 is 0 Å². The predicted molar refractivity (Wildman–Crippen MR) is 80.7 cm³/mol. The molecule has 3 unspecified atom stereocenters. The molecular formula is C14H26F2N2OS. The maximum Gasteiger partial charge on any atom is 0.260 e. The fourth-order valence-electron chi connectivity index (χ4n) is 2.88. The summed E-state index contributed by atoms with van der Waals surface area (Å²) in [6.45, 7) is 9.16. The van der Waals surface area contributed by atoms with E-state index in [1.807, 2.05) is 34.6 Å². The van der Waals surface area contributed by atoms with Crippen LogP contribution in [0.4, 0.5) is 8.78 Å². The summed E-state index contributed by atoms with van der Waals surface area (Å²) in [7, 11) is 1.72. The molecular weight excluding hydrogens is 282 g/mol. The molecule has 20 heavy (non-hydrogen) atoms. The number of piperidine rings is 1. The van der Waals surface area contributed by atoms with E-state index in [9.17, 15) is 13.3 Å². The molecule has 1 aliphatic rings.